The molecular formula is C11H10BrNO2. The molecule has 1 aromatic carbocycles. The van der Waals surface area contributed by atoms with Gasteiger partial charge in [-0.25, -0.2) is 0 Å². The summed E-state index contributed by atoms with van der Waals surface area (Å²) in [6, 6.07) is 9.49. The van der Waals surface area contributed by atoms with Crippen LogP contribution in [0.15, 0.2) is 39.3 Å². The predicted molar refractivity (Wildman–Crippen MR) is 60.3 cm³/mol. The van der Waals surface area contributed by atoms with Crippen LogP contribution in [0.1, 0.15) is 18.8 Å². The summed E-state index contributed by atoms with van der Waals surface area (Å²) in [7, 11) is 0. The van der Waals surface area contributed by atoms with Gasteiger partial charge in [-0.1, -0.05) is 33.2 Å². The average Bonchev–Trinajstić information content (AvgIpc) is 2.68. The molecule has 0 saturated carbocycles. The highest BCUT2D eigenvalue weighted by molar-refractivity contribution is 9.10. The van der Waals surface area contributed by atoms with Crippen LogP contribution in [0.4, 0.5) is 0 Å². The second-order valence-corrected chi connectivity index (χ2v) is 4.21. The quantitative estimate of drug-likeness (QED) is 0.909. The summed E-state index contributed by atoms with van der Waals surface area (Å²) in [5.74, 6) is 0.480. The maximum Gasteiger partial charge on any atom is 0.165 e. The number of aliphatic hydroxyl groups excluding tert-OH is 1. The zero-order valence-corrected chi connectivity index (χ0v) is 9.73. The fourth-order valence-corrected chi connectivity index (χ4v) is 1.51. The second kappa shape index (κ2) is 4.16. The van der Waals surface area contributed by atoms with E-state index in [1.165, 1.54) is 0 Å². The number of aromatic nitrogens is 1. The molecule has 0 spiro atoms. The second-order valence-electron chi connectivity index (χ2n) is 3.30. The molecule has 0 bridgehead atoms. The maximum absolute atomic E-state index is 9.29. The van der Waals surface area contributed by atoms with E-state index >= 15 is 0 Å². The molecular weight excluding hydrogens is 258 g/mol. The first-order chi connectivity index (χ1) is 7.16. The van der Waals surface area contributed by atoms with Crippen molar-refractivity contribution in [2.45, 2.75) is 13.0 Å². The molecule has 15 heavy (non-hydrogen) atoms. The lowest BCUT2D eigenvalue weighted by molar-refractivity contribution is 0.158. The van der Waals surface area contributed by atoms with Gasteiger partial charge in [0.2, 0.25) is 0 Å². The first kappa shape index (κ1) is 10.4. The number of benzene rings is 1. The first-order valence-electron chi connectivity index (χ1n) is 4.57. The Morgan fingerprint density at radius 3 is 2.53 bits per heavy atom. The van der Waals surface area contributed by atoms with Gasteiger partial charge in [-0.3, -0.25) is 0 Å². The van der Waals surface area contributed by atoms with Gasteiger partial charge in [0.05, 0.1) is 0 Å². The Labute approximate surface area is 95.8 Å². The number of halogens is 1. The van der Waals surface area contributed by atoms with Crippen LogP contribution in [-0.4, -0.2) is 10.3 Å². The molecule has 0 radical (unpaired) electrons. The van der Waals surface area contributed by atoms with Crippen molar-refractivity contribution >= 4 is 15.9 Å². The van der Waals surface area contributed by atoms with E-state index in [1.807, 2.05) is 24.3 Å². The van der Waals surface area contributed by atoms with E-state index in [9.17, 15) is 5.11 Å². The van der Waals surface area contributed by atoms with Gasteiger partial charge in [-0.15, -0.1) is 0 Å². The third-order valence-electron chi connectivity index (χ3n) is 2.08. The Kier molecular flexibility index (Phi) is 2.88. The number of aliphatic hydroxyl groups is 1. The summed E-state index contributed by atoms with van der Waals surface area (Å²) in [6.07, 6.45) is -0.623. The molecule has 1 N–H and O–H groups in total. The van der Waals surface area contributed by atoms with Gasteiger partial charge in [-0.05, 0) is 19.1 Å². The number of hydrogen-bond donors (Lipinski definition) is 1. The van der Waals surface area contributed by atoms with E-state index < -0.39 is 6.10 Å². The molecule has 0 aliphatic carbocycles. The van der Waals surface area contributed by atoms with Gasteiger partial charge >= 0.3 is 0 Å². The summed E-state index contributed by atoms with van der Waals surface area (Å²) >= 11 is 3.36. The van der Waals surface area contributed by atoms with E-state index in [-0.39, 0.29) is 0 Å². The van der Waals surface area contributed by atoms with Crippen LogP contribution < -0.4 is 0 Å². The summed E-state index contributed by atoms with van der Waals surface area (Å²) in [5, 5.41) is 13.2. The molecule has 3 nitrogen and oxygen atoms in total. The Bertz CT molecular complexity index is 448. The van der Waals surface area contributed by atoms with Crippen LogP contribution in [0, 0.1) is 0 Å². The van der Waals surface area contributed by atoms with Crippen molar-refractivity contribution in [2.75, 3.05) is 0 Å². The third-order valence-corrected chi connectivity index (χ3v) is 2.61. The first-order valence-corrected chi connectivity index (χ1v) is 5.37. The number of rotatable bonds is 2. The van der Waals surface area contributed by atoms with E-state index in [4.69, 9.17) is 4.52 Å². The largest absolute Gasteiger partial charge is 0.385 e. The van der Waals surface area contributed by atoms with Gasteiger partial charge in [0.15, 0.2) is 5.76 Å². The van der Waals surface area contributed by atoms with Crippen LogP contribution in [0.5, 0.6) is 0 Å². The smallest absolute Gasteiger partial charge is 0.165 e. The Morgan fingerprint density at radius 2 is 2.00 bits per heavy atom. The van der Waals surface area contributed by atoms with E-state index in [1.54, 1.807) is 13.0 Å². The SMILES string of the molecule is CC(O)c1cc(-c2ccc(Br)cc2)no1. The fraction of sp³-hybridized carbons (Fsp3) is 0.182. The molecule has 1 unspecified atom stereocenters. The molecule has 0 aliphatic rings. The molecule has 1 aromatic heterocycles. The van der Waals surface area contributed by atoms with Crippen molar-refractivity contribution in [2.24, 2.45) is 0 Å². The molecule has 2 rings (SSSR count). The molecule has 0 fully saturated rings. The van der Waals surface area contributed by atoms with Gasteiger partial charge in [0, 0.05) is 16.1 Å². The van der Waals surface area contributed by atoms with Gasteiger partial charge < -0.3 is 9.63 Å². The zero-order valence-electron chi connectivity index (χ0n) is 8.14. The van der Waals surface area contributed by atoms with Crippen LogP contribution in [0.2, 0.25) is 0 Å². The van der Waals surface area contributed by atoms with Crippen LogP contribution in [-0.2, 0) is 0 Å². The van der Waals surface area contributed by atoms with Gasteiger partial charge in [-0.2, -0.15) is 0 Å². The highest BCUT2D eigenvalue weighted by Crippen LogP contribution is 2.23. The molecule has 78 valence electrons. The number of hydrogen-bond acceptors (Lipinski definition) is 3. The Hall–Kier alpha value is -1.13. The normalized spacial score (nSPS) is 12.7. The van der Waals surface area contributed by atoms with E-state index in [2.05, 4.69) is 21.1 Å². The molecule has 0 saturated heterocycles. The van der Waals surface area contributed by atoms with Crippen molar-refractivity contribution in [3.05, 3.63) is 40.6 Å². The molecule has 0 amide bonds. The highest BCUT2D eigenvalue weighted by Gasteiger charge is 2.10. The van der Waals surface area contributed by atoms with Crippen LogP contribution >= 0.6 is 15.9 Å². The summed E-state index contributed by atoms with van der Waals surface area (Å²) in [6.45, 7) is 1.64. The van der Waals surface area contributed by atoms with E-state index in [0.717, 1.165) is 15.7 Å². The molecule has 1 atom stereocenters. The zero-order chi connectivity index (χ0) is 10.8. The lowest BCUT2D eigenvalue weighted by Gasteiger charge is -1.95. The third kappa shape index (κ3) is 2.27. The average molecular weight is 268 g/mol. The minimum absolute atomic E-state index is 0.480. The lowest BCUT2D eigenvalue weighted by Crippen LogP contribution is -1.85. The van der Waals surface area contributed by atoms with Gasteiger partial charge in [0.25, 0.3) is 0 Å². The summed E-state index contributed by atoms with van der Waals surface area (Å²) < 4.78 is 6.02. The monoisotopic (exact) mass is 267 g/mol. The van der Waals surface area contributed by atoms with Crippen LogP contribution in [0.3, 0.4) is 0 Å². The van der Waals surface area contributed by atoms with Crippen LogP contribution in [0.25, 0.3) is 11.3 Å². The van der Waals surface area contributed by atoms with Crippen molar-refractivity contribution in [3.63, 3.8) is 0 Å². The Balaban J connectivity index is 2.33. The Morgan fingerprint density at radius 1 is 1.33 bits per heavy atom. The van der Waals surface area contributed by atoms with Crippen molar-refractivity contribution in [3.8, 4) is 11.3 Å². The van der Waals surface area contributed by atoms with Crippen molar-refractivity contribution < 1.29 is 9.63 Å². The highest BCUT2D eigenvalue weighted by atomic mass is 79.9. The lowest BCUT2D eigenvalue weighted by atomic mass is 10.1. The molecule has 1 heterocycles. The summed E-state index contributed by atoms with van der Waals surface area (Å²) in [5.41, 5.74) is 1.70. The predicted octanol–water partition coefficient (Wildman–Crippen LogP) is 3.16. The molecule has 2 aromatic rings. The van der Waals surface area contributed by atoms with Crippen molar-refractivity contribution in [1.82, 2.24) is 5.16 Å². The minimum Gasteiger partial charge on any atom is -0.385 e. The van der Waals surface area contributed by atoms with Gasteiger partial charge in [0.1, 0.15) is 11.8 Å². The van der Waals surface area contributed by atoms with Crippen molar-refractivity contribution in [1.29, 1.82) is 0 Å². The summed E-state index contributed by atoms with van der Waals surface area (Å²) in [4.78, 5) is 0. The topological polar surface area (TPSA) is 46.3 Å². The fourth-order valence-electron chi connectivity index (χ4n) is 1.24. The molecule has 4 heteroatoms. The van der Waals surface area contributed by atoms with E-state index in [0.29, 0.717) is 5.76 Å². The molecule has 0 aliphatic heterocycles. The maximum atomic E-state index is 9.29. The minimum atomic E-state index is -0.623. The standard InChI is InChI=1S/C11H10BrNO2/c1-7(14)11-6-10(13-15-11)8-2-4-9(12)5-3-8/h2-7,14H,1H3. The number of nitrogens with zero attached hydrogens (tertiary/aromatic N) is 1.